The molecule has 0 radical (unpaired) electrons. The predicted molar refractivity (Wildman–Crippen MR) is 120 cm³/mol. The van der Waals surface area contributed by atoms with Crippen LogP contribution in [0.4, 0.5) is 4.39 Å². The van der Waals surface area contributed by atoms with Crippen LogP contribution in [0.3, 0.4) is 0 Å². The Bertz CT molecular complexity index is 967. The van der Waals surface area contributed by atoms with E-state index in [2.05, 4.69) is 10.6 Å². The molecule has 2 aromatic carbocycles. The summed E-state index contributed by atoms with van der Waals surface area (Å²) in [5.41, 5.74) is 0.299. The Labute approximate surface area is 192 Å². The van der Waals surface area contributed by atoms with Crippen molar-refractivity contribution in [2.24, 2.45) is 0 Å². The second-order valence-corrected chi connectivity index (χ2v) is 8.53. The van der Waals surface area contributed by atoms with Gasteiger partial charge >= 0.3 is 5.97 Å². The minimum atomic E-state index is -0.744. The van der Waals surface area contributed by atoms with E-state index in [1.807, 2.05) is 12.1 Å². The fourth-order valence-electron chi connectivity index (χ4n) is 4.18. The Balaban J connectivity index is 1.38. The summed E-state index contributed by atoms with van der Waals surface area (Å²) in [5, 5.41) is 6.66. The summed E-state index contributed by atoms with van der Waals surface area (Å²) in [7, 11) is 1.35. The molecule has 0 unspecified atom stereocenters. The Hall–Kier alpha value is -2.97. The highest BCUT2D eigenvalue weighted by molar-refractivity contribution is 5.89. The third-order valence-electron chi connectivity index (χ3n) is 6.39. The summed E-state index contributed by atoms with van der Waals surface area (Å²) in [6.07, 6.45) is 2.81. The largest absolute Gasteiger partial charge is 0.492 e. The van der Waals surface area contributed by atoms with E-state index in [0.717, 1.165) is 18.4 Å². The number of rotatable bonds is 9. The number of methoxy groups -OCH3 is 1. The van der Waals surface area contributed by atoms with Crippen LogP contribution in [0.15, 0.2) is 48.5 Å². The molecule has 0 bridgehead atoms. The summed E-state index contributed by atoms with van der Waals surface area (Å²) < 4.78 is 29.0. The molecule has 0 spiro atoms. The van der Waals surface area contributed by atoms with Crippen molar-refractivity contribution in [1.29, 1.82) is 0 Å². The molecule has 1 aliphatic carbocycles. The normalized spacial score (nSPS) is 18.2. The predicted octanol–water partition coefficient (Wildman–Crippen LogP) is 2.94. The van der Waals surface area contributed by atoms with E-state index in [1.165, 1.54) is 19.2 Å². The maximum absolute atomic E-state index is 13.5. The van der Waals surface area contributed by atoms with Gasteiger partial charge in [-0.2, -0.15) is 0 Å². The highest BCUT2D eigenvalue weighted by Gasteiger charge is 2.50. The second kappa shape index (κ2) is 9.89. The van der Waals surface area contributed by atoms with Crippen LogP contribution in [0.1, 0.15) is 41.6 Å². The van der Waals surface area contributed by atoms with Gasteiger partial charge < -0.3 is 19.5 Å². The third kappa shape index (κ3) is 5.34. The SMILES string of the molecule is COC(=O)c1ccc(C2(NC(=O)C3(NCCOc4ccc(F)cc4)CCOCC3)CC2)cc1. The first kappa shape index (κ1) is 23.2. The molecule has 2 aliphatic rings. The van der Waals surface area contributed by atoms with Crippen molar-refractivity contribution in [1.82, 2.24) is 10.6 Å². The van der Waals surface area contributed by atoms with E-state index >= 15 is 0 Å². The number of amides is 1. The number of nitrogens with one attached hydrogen (secondary N) is 2. The van der Waals surface area contributed by atoms with Crippen LogP contribution >= 0.6 is 0 Å². The minimum absolute atomic E-state index is 0.0536. The van der Waals surface area contributed by atoms with Crippen molar-refractivity contribution in [2.45, 2.75) is 36.8 Å². The van der Waals surface area contributed by atoms with E-state index in [-0.39, 0.29) is 17.7 Å². The van der Waals surface area contributed by atoms with Crippen LogP contribution in [0.25, 0.3) is 0 Å². The zero-order chi connectivity index (χ0) is 23.3. The van der Waals surface area contributed by atoms with Gasteiger partial charge in [-0.3, -0.25) is 10.1 Å². The van der Waals surface area contributed by atoms with Crippen LogP contribution in [0, 0.1) is 5.82 Å². The zero-order valence-electron chi connectivity index (χ0n) is 18.7. The molecule has 1 aliphatic heterocycles. The van der Waals surface area contributed by atoms with Gasteiger partial charge in [0.25, 0.3) is 0 Å². The molecule has 2 N–H and O–H groups in total. The molecular weight excluding hydrogens is 427 g/mol. The van der Waals surface area contributed by atoms with E-state index in [1.54, 1.807) is 24.3 Å². The highest BCUT2D eigenvalue weighted by Crippen LogP contribution is 2.46. The minimum Gasteiger partial charge on any atom is -0.492 e. The lowest BCUT2D eigenvalue weighted by molar-refractivity contribution is -0.133. The van der Waals surface area contributed by atoms with Crippen LogP contribution in [0.2, 0.25) is 0 Å². The molecule has 2 aromatic rings. The van der Waals surface area contributed by atoms with E-state index in [4.69, 9.17) is 14.2 Å². The van der Waals surface area contributed by atoms with Gasteiger partial charge in [0.2, 0.25) is 5.91 Å². The number of ether oxygens (including phenoxy) is 3. The zero-order valence-corrected chi connectivity index (χ0v) is 18.7. The molecule has 33 heavy (non-hydrogen) atoms. The van der Waals surface area contributed by atoms with Crippen molar-refractivity contribution < 1.29 is 28.2 Å². The molecule has 7 nitrogen and oxygen atoms in total. The van der Waals surface area contributed by atoms with Gasteiger partial charge in [-0.15, -0.1) is 0 Å². The topological polar surface area (TPSA) is 85.9 Å². The van der Waals surface area contributed by atoms with E-state index < -0.39 is 11.1 Å². The Morgan fingerprint density at radius 3 is 2.27 bits per heavy atom. The van der Waals surface area contributed by atoms with Crippen LogP contribution in [-0.2, 0) is 19.8 Å². The number of hydrogen-bond donors (Lipinski definition) is 2. The smallest absolute Gasteiger partial charge is 0.337 e. The number of hydrogen-bond acceptors (Lipinski definition) is 6. The number of carbonyl (C=O) groups excluding carboxylic acids is 2. The molecule has 1 saturated heterocycles. The van der Waals surface area contributed by atoms with Crippen molar-refractivity contribution in [3.05, 3.63) is 65.5 Å². The van der Waals surface area contributed by atoms with Gasteiger partial charge in [0.15, 0.2) is 0 Å². The first-order valence-corrected chi connectivity index (χ1v) is 11.2. The van der Waals surface area contributed by atoms with Crippen molar-refractivity contribution in [3.8, 4) is 5.75 Å². The molecule has 8 heteroatoms. The number of esters is 1. The maximum atomic E-state index is 13.5. The average molecular weight is 457 g/mol. The first-order chi connectivity index (χ1) is 16.0. The lowest BCUT2D eigenvalue weighted by Crippen LogP contribution is -2.61. The molecule has 1 saturated carbocycles. The van der Waals surface area contributed by atoms with Crippen LogP contribution in [-0.4, -0.2) is 50.9 Å². The molecule has 1 amide bonds. The van der Waals surface area contributed by atoms with Crippen LogP contribution < -0.4 is 15.4 Å². The lowest BCUT2D eigenvalue weighted by atomic mass is 9.88. The molecule has 1 heterocycles. The van der Waals surface area contributed by atoms with Crippen molar-refractivity contribution >= 4 is 11.9 Å². The Morgan fingerprint density at radius 1 is 1.00 bits per heavy atom. The molecule has 4 rings (SSSR count). The van der Waals surface area contributed by atoms with Crippen molar-refractivity contribution in [2.75, 3.05) is 33.5 Å². The average Bonchev–Trinajstić information content (AvgIpc) is 3.63. The summed E-state index contributed by atoms with van der Waals surface area (Å²) in [6.45, 7) is 1.81. The maximum Gasteiger partial charge on any atom is 0.337 e. The Morgan fingerprint density at radius 2 is 1.67 bits per heavy atom. The summed E-state index contributed by atoms with van der Waals surface area (Å²) >= 11 is 0. The third-order valence-corrected chi connectivity index (χ3v) is 6.39. The first-order valence-electron chi connectivity index (χ1n) is 11.2. The monoisotopic (exact) mass is 456 g/mol. The Kier molecular flexibility index (Phi) is 6.95. The molecule has 0 aromatic heterocycles. The molecule has 176 valence electrons. The van der Waals surface area contributed by atoms with Gasteiger partial charge in [0, 0.05) is 19.8 Å². The molecular formula is C25H29FN2O5. The lowest BCUT2D eigenvalue weighted by Gasteiger charge is -2.38. The van der Waals surface area contributed by atoms with Gasteiger partial charge in [-0.25, -0.2) is 9.18 Å². The van der Waals surface area contributed by atoms with Gasteiger partial charge in [0.05, 0.1) is 18.2 Å². The summed E-state index contributed by atoms with van der Waals surface area (Å²) in [4.78, 5) is 25.2. The number of benzene rings is 2. The van der Waals surface area contributed by atoms with Gasteiger partial charge in [0.1, 0.15) is 23.7 Å². The standard InChI is InChI=1S/C25H29FN2O5/c1-31-22(29)18-2-4-19(5-3-18)24(10-11-24)28-23(30)25(12-15-32-16-13-25)27-14-17-33-21-8-6-20(26)7-9-21/h2-9,27H,10-17H2,1H3,(H,28,30). The fraction of sp³-hybridized carbons (Fsp3) is 0.440. The van der Waals surface area contributed by atoms with Crippen molar-refractivity contribution in [3.63, 3.8) is 0 Å². The fourth-order valence-corrected chi connectivity index (χ4v) is 4.18. The molecule has 2 fully saturated rings. The summed E-state index contributed by atoms with van der Waals surface area (Å²) in [5.74, 6) is -0.172. The summed E-state index contributed by atoms with van der Waals surface area (Å²) in [6, 6.07) is 13.1. The van der Waals surface area contributed by atoms with E-state index in [0.29, 0.717) is 50.5 Å². The number of halogens is 1. The quantitative estimate of drug-likeness (QED) is 0.446. The number of carbonyl (C=O) groups is 2. The second-order valence-electron chi connectivity index (χ2n) is 8.53. The highest BCUT2D eigenvalue weighted by atomic mass is 19.1. The molecule has 0 atom stereocenters. The van der Waals surface area contributed by atoms with Gasteiger partial charge in [-0.1, -0.05) is 12.1 Å². The van der Waals surface area contributed by atoms with Crippen LogP contribution in [0.5, 0.6) is 5.75 Å². The van der Waals surface area contributed by atoms with Gasteiger partial charge in [-0.05, 0) is 67.6 Å². The van der Waals surface area contributed by atoms with E-state index in [9.17, 15) is 14.0 Å².